The highest BCUT2D eigenvalue weighted by Gasteiger charge is 2.09. The third kappa shape index (κ3) is 2.49. The molecule has 0 fully saturated rings. The largest absolute Gasteiger partial charge is 0.451 e. The van der Waals surface area contributed by atoms with E-state index in [1.165, 1.54) is 6.39 Å². The fourth-order valence-electron chi connectivity index (χ4n) is 0.952. The molecule has 0 atom stereocenters. The van der Waals surface area contributed by atoms with Crippen molar-refractivity contribution in [1.82, 2.24) is 4.98 Å². The van der Waals surface area contributed by atoms with Crippen LogP contribution in [0.15, 0.2) is 22.1 Å². The molecular weight excluding hydrogens is 152 g/mol. The monoisotopic (exact) mass is 166 g/mol. The van der Waals surface area contributed by atoms with Crippen LogP contribution in [0.1, 0.15) is 33.4 Å². The Morgan fingerprint density at radius 2 is 2.17 bits per heavy atom. The number of aliphatic imine (C=N–C) groups is 1. The summed E-state index contributed by atoms with van der Waals surface area (Å²) in [5.41, 5.74) is 1.67. The van der Waals surface area contributed by atoms with E-state index in [0.29, 0.717) is 0 Å². The molecule has 0 saturated carbocycles. The summed E-state index contributed by atoms with van der Waals surface area (Å²) >= 11 is 0. The van der Waals surface area contributed by atoms with Crippen LogP contribution < -0.4 is 0 Å². The van der Waals surface area contributed by atoms with Crippen molar-refractivity contribution in [2.45, 2.75) is 33.2 Å². The van der Waals surface area contributed by atoms with E-state index in [1.807, 2.05) is 6.92 Å². The van der Waals surface area contributed by atoms with Crippen molar-refractivity contribution in [3.05, 3.63) is 18.4 Å². The van der Waals surface area contributed by atoms with Gasteiger partial charge in [0.25, 0.3) is 0 Å². The molecule has 0 N–H and O–H groups in total. The van der Waals surface area contributed by atoms with E-state index in [4.69, 9.17) is 4.42 Å². The second kappa shape index (κ2) is 3.09. The Morgan fingerprint density at radius 1 is 1.50 bits per heavy atom. The van der Waals surface area contributed by atoms with Gasteiger partial charge in [-0.3, -0.25) is 4.99 Å². The average molecular weight is 166 g/mol. The van der Waals surface area contributed by atoms with E-state index < -0.39 is 0 Å². The highest BCUT2D eigenvalue weighted by Crippen LogP contribution is 2.09. The SMILES string of the molecule is C/C(=N/C(C)(C)C)c1cocn1. The Hall–Kier alpha value is -1.12. The van der Waals surface area contributed by atoms with Crippen LogP contribution in [-0.4, -0.2) is 16.2 Å². The van der Waals surface area contributed by atoms with Gasteiger partial charge in [-0.15, -0.1) is 0 Å². The Balaban J connectivity index is 2.85. The lowest BCUT2D eigenvalue weighted by Crippen LogP contribution is -2.13. The number of hydrogen-bond donors (Lipinski definition) is 0. The van der Waals surface area contributed by atoms with Gasteiger partial charge in [0, 0.05) is 0 Å². The summed E-state index contributed by atoms with van der Waals surface area (Å²) in [5, 5.41) is 0. The van der Waals surface area contributed by atoms with Crippen LogP contribution in [-0.2, 0) is 0 Å². The van der Waals surface area contributed by atoms with Gasteiger partial charge in [0.15, 0.2) is 6.39 Å². The standard InChI is InChI=1S/C9H14N2O/c1-7(11-9(2,3)4)8-5-12-6-10-8/h5-6H,1-4H3/b11-7-. The summed E-state index contributed by atoms with van der Waals surface area (Å²) in [4.78, 5) is 8.45. The molecule has 1 rings (SSSR count). The zero-order valence-electron chi connectivity index (χ0n) is 7.96. The van der Waals surface area contributed by atoms with E-state index in [9.17, 15) is 0 Å². The Morgan fingerprint density at radius 3 is 2.58 bits per heavy atom. The van der Waals surface area contributed by atoms with Gasteiger partial charge in [-0.05, 0) is 27.7 Å². The van der Waals surface area contributed by atoms with Crippen LogP contribution in [0, 0.1) is 0 Å². The normalized spacial score (nSPS) is 13.5. The van der Waals surface area contributed by atoms with Crippen molar-refractivity contribution in [2.75, 3.05) is 0 Å². The number of rotatable bonds is 1. The minimum atomic E-state index is -0.0525. The highest BCUT2D eigenvalue weighted by atomic mass is 16.3. The molecule has 66 valence electrons. The molecule has 0 saturated heterocycles. The minimum absolute atomic E-state index is 0.0525. The van der Waals surface area contributed by atoms with Gasteiger partial charge in [-0.25, -0.2) is 4.98 Å². The summed E-state index contributed by atoms with van der Waals surface area (Å²) in [6.45, 7) is 8.09. The molecule has 0 unspecified atom stereocenters. The molecule has 12 heavy (non-hydrogen) atoms. The van der Waals surface area contributed by atoms with Gasteiger partial charge in [-0.1, -0.05) is 0 Å². The molecule has 0 amide bonds. The molecule has 1 aromatic rings. The van der Waals surface area contributed by atoms with Crippen molar-refractivity contribution in [3.8, 4) is 0 Å². The number of nitrogens with zero attached hydrogens (tertiary/aromatic N) is 2. The first-order chi connectivity index (χ1) is 5.49. The topological polar surface area (TPSA) is 38.4 Å². The quantitative estimate of drug-likeness (QED) is 0.600. The van der Waals surface area contributed by atoms with Crippen molar-refractivity contribution in [1.29, 1.82) is 0 Å². The molecule has 0 aliphatic heterocycles. The molecule has 1 aromatic heterocycles. The lowest BCUT2D eigenvalue weighted by molar-refractivity contribution is 0.557. The van der Waals surface area contributed by atoms with Crippen LogP contribution in [0.4, 0.5) is 0 Å². The average Bonchev–Trinajstić information content (AvgIpc) is 2.32. The molecule has 0 bridgehead atoms. The molecule has 0 radical (unpaired) electrons. The molecule has 0 aromatic carbocycles. The maximum atomic E-state index is 4.86. The van der Waals surface area contributed by atoms with Gasteiger partial charge in [0.1, 0.15) is 12.0 Å². The Kier molecular flexibility index (Phi) is 2.31. The predicted octanol–water partition coefficient (Wildman–Crippen LogP) is 2.28. The second-order valence-electron chi connectivity index (χ2n) is 3.74. The zero-order valence-corrected chi connectivity index (χ0v) is 7.96. The maximum absolute atomic E-state index is 4.86. The van der Waals surface area contributed by atoms with E-state index >= 15 is 0 Å². The van der Waals surface area contributed by atoms with Crippen molar-refractivity contribution in [2.24, 2.45) is 4.99 Å². The van der Waals surface area contributed by atoms with Crippen molar-refractivity contribution in [3.63, 3.8) is 0 Å². The van der Waals surface area contributed by atoms with Crippen molar-refractivity contribution >= 4 is 5.71 Å². The molecule has 0 aliphatic rings. The number of hydrogen-bond acceptors (Lipinski definition) is 3. The van der Waals surface area contributed by atoms with Gasteiger partial charge < -0.3 is 4.42 Å². The van der Waals surface area contributed by atoms with Crippen LogP contribution in [0.25, 0.3) is 0 Å². The van der Waals surface area contributed by atoms with E-state index in [2.05, 4.69) is 30.7 Å². The van der Waals surface area contributed by atoms with E-state index in [1.54, 1.807) is 6.26 Å². The molecule has 0 aliphatic carbocycles. The fourth-order valence-corrected chi connectivity index (χ4v) is 0.952. The van der Waals surface area contributed by atoms with Gasteiger partial charge in [0.2, 0.25) is 0 Å². The number of oxazole rings is 1. The van der Waals surface area contributed by atoms with Gasteiger partial charge in [-0.2, -0.15) is 0 Å². The highest BCUT2D eigenvalue weighted by molar-refractivity contribution is 5.96. The molecule has 0 spiro atoms. The third-order valence-corrected chi connectivity index (χ3v) is 1.31. The van der Waals surface area contributed by atoms with Crippen LogP contribution >= 0.6 is 0 Å². The number of aromatic nitrogens is 1. The summed E-state index contributed by atoms with van der Waals surface area (Å²) in [5.74, 6) is 0. The van der Waals surface area contributed by atoms with Gasteiger partial charge >= 0.3 is 0 Å². The van der Waals surface area contributed by atoms with E-state index in [-0.39, 0.29) is 5.54 Å². The minimum Gasteiger partial charge on any atom is -0.451 e. The summed E-state index contributed by atoms with van der Waals surface area (Å²) in [6, 6.07) is 0. The zero-order chi connectivity index (χ0) is 9.19. The van der Waals surface area contributed by atoms with Crippen LogP contribution in [0.5, 0.6) is 0 Å². The first-order valence-electron chi connectivity index (χ1n) is 3.94. The Labute approximate surface area is 72.5 Å². The smallest absolute Gasteiger partial charge is 0.181 e. The molecule has 3 heteroatoms. The first-order valence-corrected chi connectivity index (χ1v) is 3.94. The molecule has 3 nitrogen and oxygen atoms in total. The summed E-state index contributed by atoms with van der Waals surface area (Å²) in [6.07, 6.45) is 3.02. The maximum Gasteiger partial charge on any atom is 0.181 e. The van der Waals surface area contributed by atoms with Crippen LogP contribution in [0.2, 0.25) is 0 Å². The summed E-state index contributed by atoms with van der Waals surface area (Å²) < 4.78 is 4.86. The molecular formula is C9H14N2O. The second-order valence-corrected chi connectivity index (χ2v) is 3.74. The lowest BCUT2D eigenvalue weighted by Gasteiger charge is -2.12. The van der Waals surface area contributed by atoms with Crippen molar-refractivity contribution < 1.29 is 4.42 Å². The third-order valence-electron chi connectivity index (χ3n) is 1.31. The van der Waals surface area contributed by atoms with Crippen LogP contribution in [0.3, 0.4) is 0 Å². The lowest BCUT2D eigenvalue weighted by atomic mass is 10.1. The Bertz CT molecular complexity index is 267. The van der Waals surface area contributed by atoms with E-state index in [0.717, 1.165) is 11.4 Å². The fraction of sp³-hybridized carbons (Fsp3) is 0.556. The predicted molar refractivity (Wildman–Crippen MR) is 48.5 cm³/mol. The van der Waals surface area contributed by atoms with Gasteiger partial charge in [0.05, 0.1) is 11.3 Å². The molecule has 1 heterocycles. The summed E-state index contributed by atoms with van der Waals surface area (Å²) in [7, 11) is 0. The first kappa shape index (κ1) is 8.97.